The van der Waals surface area contributed by atoms with Crippen molar-refractivity contribution in [3.8, 4) is 0 Å². The van der Waals surface area contributed by atoms with Crippen molar-refractivity contribution in [3.63, 3.8) is 0 Å². The molecule has 1 atom stereocenters. The normalized spacial score (nSPS) is 16.5. The number of hydrogen-bond donors (Lipinski definition) is 0. The van der Waals surface area contributed by atoms with Crippen LogP contribution in [0.15, 0.2) is 42.7 Å². The Morgan fingerprint density at radius 1 is 1.26 bits per heavy atom. The topological polar surface area (TPSA) is 68.8 Å². The fourth-order valence-corrected chi connectivity index (χ4v) is 3.70. The zero-order valence-corrected chi connectivity index (χ0v) is 15.8. The van der Waals surface area contributed by atoms with Gasteiger partial charge in [-0.05, 0) is 17.7 Å². The number of aryl methyl sites for hydroxylation is 2. The fourth-order valence-electron chi connectivity index (χ4n) is 3.45. The largest absolute Gasteiger partial charge is 0.327 e. The summed E-state index contributed by atoms with van der Waals surface area (Å²) in [5.74, 6) is 0.0256. The van der Waals surface area contributed by atoms with Gasteiger partial charge in [0, 0.05) is 32.6 Å². The van der Waals surface area contributed by atoms with Gasteiger partial charge in [-0.15, -0.1) is 5.10 Å². The first kappa shape index (κ1) is 17.5. The summed E-state index contributed by atoms with van der Waals surface area (Å²) in [7, 11) is 3.68. The van der Waals surface area contributed by atoms with E-state index >= 15 is 0 Å². The lowest BCUT2D eigenvalue weighted by Crippen LogP contribution is -2.30. The molecule has 2 aromatic heterocycles. The van der Waals surface area contributed by atoms with Crippen molar-refractivity contribution in [1.82, 2.24) is 29.7 Å². The van der Waals surface area contributed by atoms with E-state index in [1.54, 1.807) is 15.6 Å². The van der Waals surface area contributed by atoms with E-state index in [0.717, 1.165) is 22.5 Å². The average Bonchev–Trinajstić information content (AvgIpc) is 3.30. The smallest absolute Gasteiger partial charge is 0.255 e. The van der Waals surface area contributed by atoms with Crippen LogP contribution in [0.1, 0.15) is 33.4 Å². The lowest BCUT2D eigenvalue weighted by atomic mass is 10.0. The second-order valence-electron chi connectivity index (χ2n) is 6.55. The summed E-state index contributed by atoms with van der Waals surface area (Å²) in [4.78, 5) is 14.8. The fraction of sp³-hybridized carbons (Fsp3) is 0.263. The molecule has 0 fully saturated rings. The van der Waals surface area contributed by atoms with Crippen LogP contribution >= 0.6 is 11.6 Å². The molecule has 0 N–H and O–H groups in total. The van der Waals surface area contributed by atoms with E-state index in [0.29, 0.717) is 18.0 Å². The molecule has 0 saturated carbocycles. The molecule has 1 aromatic carbocycles. The Morgan fingerprint density at radius 3 is 2.78 bits per heavy atom. The van der Waals surface area contributed by atoms with E-state index in [1.165, 1.54) is 0 Å². The summed E-state index contributed by atoms with van der Waals surface area (Å²) in [6.45, 7) is 0.476. The monoisotopic (exact) mass is 382 g/mol. The summed E-state index contributed by atoms with van der Waals surface area (Å²) in [6.07, 6.45) is 7.88. The third-order valence-corrected chi connectivity index (χ3v) is 5.11. The van der Waals surface area contributed by atoms with Crippen molar-refractivity contribution in [3.05, 3.63) is 70.3 Å². The van der Waals surface area contributed by atoms with Crippen molar-refractivity contribution in [2.24, 2.45) is 14.1 Å². The predicted molar refractivity (Wildman–Crippen MR) is 102 cm³/mol. The Hall–Kier alpha value is -2.93. The van der Waals surface area contributed by atoms with Crippen molar-refractivity contribution < 1.29 is 4.79 Å². The van der Waals surface area contributed by atoms with Crippen LogP contribution in [0.3, 0.4) is 0 Å². The van der Waals surface area contributed by atoms with Crippen molar-refractivity contribution in [2.45, 2.75) is 12.5 Å². The molecular formula is C19H19ClN6O. The highest BCUT2D eigenvalue weighted by Gasteiger charge is 2.36. The number of carbonyl (C=O) groups is 1. The van der Waals surface area contributed by atoms with Gasteiger partial charge in [-0.3, -0.25) is 14.2 Å². The van der Waals surface area contributed by atoms with E-state index in [4.69, 9.17) is 11.6 Å². The first-order valence-electron chi connectivity index (χ1n) is 8.63. The molecule has 0 saturated heterocycles. The zero-order valence-electron chi connectivity index (χ0n) is 15.1. The highest BCUT2D eigenvalue weighted by molar-refractivity contribution is 6.31. The molecule has 7 nitrogen and oxygen atoms in total. The Bertz CT molecular complexity index is 1000. The van der Waals surface area contributed by atoms with E-state index in [-0.39, 0.29) is 11.9 Å². The number of nitrogens with zero attached hydrogens (tertiary/aromatic N) is 6. The van der Waals surface area contributed by atoms with Gasteiger partial charge in [-0.25, -0.2) is 0 Å². The Morgan fingerprint density at radius 2 is 2.07 bits per heavy atom. The van der Waals surface area contributed by atoms with Crippen molar-refractivity contribution in [2.75, 3.05) is 6.54 Å². The van der Waals surface area contributed by atoms with Gasteiger partial charge < -0.3 is 4.90 Å². The minimum Gasteiger partial charge on any atom is -0.327 e. The summed E-state index contributed by atoms with van der Waals surface area (Å²) in [5.41, 5.74) is 3.43. The van der Waals surface area contributed by atoms with Crippen molar-refractivity contribution >= 4 is 23.6 Å². The Kier molecular flexibility index (Phi) is 4.53. The lowest BCUT2D eigenvalue weighted by molar-refractivity contribution is 0.0746. The first-order valence-corrected chi connectivity index (χ1v) is 9.01. The van der Waals surface area contributed by atoms with E-state index in [9.17, 15) is 4.79 Å². The number of hydrogen-bond acceptors (Lipinski definition) is 4. The van der Waals surface area contributed by atoms with Crippen LogP contribution in [-0.4, -0.2) is 42.1 Å². The van der Waals surface area contributed by atoms with Crippen LogP contribution in [0.2, 0.25) is 5.02 Å². The molecule has 0 bridgehead atoms. The molecule has 1 unspecified atom stereocenters. The molecule has 138 valence electrons. The quantitative estimate of drug-likeness (QED) is 0.680. The van der Waals surface area contributed by atoms with Gasteiger partial charge in [0.1, 0.15) is 5.69 Å². The minimum atomic E-state index is -0.0897. The van der Waals surface area contributed by atoms with Crippen molar-refractivity contribution in [1.29, 1.82) is 0 Å². The first-order chi connectivity index (χ1) is 13.0. The molecule has 3 heterocycles. The van der Waals surface area contributed by atoms with Gasteiger partial charge in [0.05, 0.1) is 29.2 Å². The van der Waals surface area contributed by atoms with Crippen LogP contribution in [0.4, 0.5) is 0 Å². The third kappa shape index (κ3) is 3.26. The molecule has 0 radical (unpaired) electrons. The summed E-state index contributed by atoms with van der Waals surface area (Å²) < 4.78 is 3.41. The minimum absolute atomic E-state index is 0.0256. The molecule has 1 aliphatic rings. The number of fused-ring (bicyclic) bond motifs is 1. The average molecular weight is 383 g/mol. The highest BCUT2D eigenvalue weighted by atomic mass is 35.5. The summed E-state index contributed by atoms with van der Waals surface area (Å²) in [6, 6.07) is 7.65. The number of halogens is 1. The maximum absolute atomic E-state index is 13.0. The summed E-state index contributed by atoms with van der Waals surface area (Å²) >= 11 is 6.30. The molecule has 3 aromatic rings. The number of benzene rings is 1. The second-order valence-corrected chi connectivity index (χ2v) is 6.95. The molecule has 0 spiro atoms. The van der Waals surface area contributed by atoms with Gasteiger partial charge in [-0.1, -0.05) is 41.1 Å². The molecule has 4 rings (SSSR count). The third-order valence-electron chi connectivity index (χ3n) is 4.80. The predicted octanol–water partition coefficient (Wildman–Crippen LogP) is 2.66. The number of amides is 1. The zero-order chi connectivity index (χ0) is 19.0. The maximum atomic E-state index is 13.0. The van der Waals surface area contributed by atoms with Gasteiger partial charge >= 0.3 is 0 Å². The van der Waals surface area contributed by atoms with Gasteiger partial charge in [-0.2, -0.15) is 5.10 Å². The van der Waals surface area contributed by atoms with Crippen LogP contribution in [-0.2, 0) is 20.5 Å². The maximum Gasteiger partial charge on any atom is 0.255 e. The molecule has 1 aliphatic heterocycles. The standard InChI is InChI=1S/C19H19ClN6O/c1-24-12-13(22-23-24)6-5-9-26-17(10-18-16(20)11-21-25(18)2)14-7-3-4-8-15(14)19(26)27/h3-8,11-12,17H,9-10H2,1-2H3. The number of aromatic nitrogens is 5. The summed E-state index contributed by atoms with van der Waals surface area (Å²) in [5, 5.41) is 12.8. The number of carbonyl (C=O) groups excluding carboxylic acids is 1. The van der Waals surface area contributed by atoms with Gasteiger partial charge in [0.25, 0.3) is 5.91 Å². The van der Waals surface area contributed by atoms with Crippen LogP contribution < -0.4 is 0 Å². The van der Waals surface area contributed by atoms with E-state index < -0.39 is 0 Å². The van der Waals surface area contributed by atoms with Gasteiger partial charge in [0.2, 0.25) is 0 Å². The van der Waals surface area contributed by atoms with Crippen LogP contribution in [0.25, 0.3) is 6.08 Å². The second kappa shape index (κ2) is 7.00. The molecule has 0 aliphatic carbocycles. The Balaban J connectivity index is 1.62. The molecule has 27 heavy (non-hydrogen) atoms. The molecule has 8 heteroatoms. The number of rotatable bonds is 5. The Labute approximate surface area is 161 Å². The van der Waals surface area contributed by atoms with Crippen LogP contribution in [0, 0.1) is 0 Å². The van der Waals surface area contributed by atoms with E-state index in [1.807, 2.05) is 61.6 Å². The molecular weight excluding hydrogens is 364 g/mol. The molecule has 1 amide bonds. The highest BCUT2D eigenvalue weighted by Crippen LogP contribution is 2.36. The SMILES string of the molecule is Cn1cc(C=CCN2C(=O)c3ccccc3C2Cc2c(Cl)cnn2C)nn1. The lowest BCUT2D eigenvalue weighted by Gasteiger charge is -2.24. The van der Waals surface area contributed by atoms with Gasteiger partial charge in [0.15, 0.2) is 0 Å². The van der Waals surface area contributed by atoms with E-state index in [2.05, 4.69) is 15.4 Å². The van der Waals surface area contributed by atoms with Crippen LogP contribution in [0.5, 0.6) is 0 Å².